The smallest absolute Gasteiger partial charge is 0.227 e. The lowest BCUT2D eigenvalue weighted by atomic mass is 10.0. The van der Waals surface area contributed by atoms with Crippen LogP contribution in [-0.4, -0.2) is 38.6 Å². The molecule has 21 heavy (non-hydrogen) atoms. The highest BCUT2D eigenvalue weighted by Gasteiger charge is 2.15. The van der Waals surface area contributed by atoms with Crippen molar-refractivity contribution < 1.29 is 9.53 Å². The van der Waals surface area contributed by atoms with Gasteiger partial charge in [0.15, 0.2) is 0 Å². The predicted molar refractivity (Wildman–Crippen MR) is 86.5 cm³/mol. The number of benzene rings is 1. The van der Waals surface area contributed by atoms with Crippen LogP contribution in [0, 0.1) is 5.92 Å². The van der Waals surface area contributed by atoms with Crippen LogP contribution in [0.25, 0.3) is 0 Å². The van der Waals surface area contributed by atoms with Gasteiger partial charge in [0, 0.05) is 12.5 Å². The Balaban J connectivity index is 2.81. The Morgan fingerprint density at radius 2 is 2.14 bits per heavy atom. The lowest BCUT2D eigenvalue weighted by molar-refractivity contribution is -0.119. The molecule has 3 N–H and O–H groups in total. The van der Waals surface area contributed by atoms with Gasteiger partial charge in [0.25, 0.3) is 0 Å². The Kier molecular flexibility index (Phi) is 7.19. The van der Waals surface area contributed by atoms with Crippen molar-refractivity contribution in [2.45, 2.75) is 26.3 Å². The van der Waals surface area contributed by atoms with Crippen LogP contribution in [0.3, 0.4) is 0 Å². The fraction of sp³-hybridized carbons (Fsp3) is 0.562. The quantitative estimate of drug-likeness (QED) is 0.770. The molecule has 0 aliphatic carbocycles. The predicted octanol–water partition coefficient (Wildman–Crippen LogP) is 2.07. The third kappa shape index (κ3) is 5.73. The molecule has 5 nitrogen and oxygen atoms in total. The molecule has 1 amide bonds. The Labute approximate surface area is 127 Å². The molecule has 1 rings (SSSR count). The first kappa shape index (κ1) is 17.5. The van der Waals surface area contributed by atoms with E-state index in [1.165, 1.54) is 0 Å². The highest BCUT2D eigenvalue weighted by Crippen LogP contribution is 2.26. The van der Waals surface area contributed by atoms with Crippen LogP contribution >= 0.6 is 0 Å². The zero-order chi connectivity index (χ0) is 15.8. The van der Waals surface area contributed by atoms with Gasteiger partial charge in [-0.3, -0.25) is 4.79 Å². The Hall–Kier alpha value is -1.59. The molecule has 0 saturated carbocycles. The van der Waals surface area contributed by atoms with Crippen molar-refractivity contribution in [2.75, 3.05) is 33.1 Å². The molecule has 1 aromatic rings. The van der Waals surface area contributed by atoms with E-state index in [9.17, 15) is 4.79 Å². The summed E-state index contributed by atoms with van der Waals surface area (Å²) in [4.78, 5) is 14.3. The zero-order valence-electron chi connectivity index (χ0n) is 13.5. The van der Waals surface area contributed by atoms with E-state index < -0.39 is 0 Å². The van der Waals surface area contributed by atoms with E-state index in [1.54, 1.807) is 7.11 Å². The number of carbonyl (C=O) groups is 1. The van der Waals surface area contributed by atoms with Gasteiger partial charge in [-0.1, -0.05) is 13.0 Å². The molecule has 0 aromatic heterocycles. The maximum Gasteiger partial charge on any atom is 0.227 e. The van der Waals surface area contributed by atoms with E-state index in [4.69, 9.17) is 10.5 Å². The van der Waals surface area contributed by atoms with Gasteiger partial charge in [-0.15, -0.1) is 0 Å². The third-order valence-electron chi connectivity index (χ3n) is 3.31. The summed E-state index contributed by atoms with van der Waals surface area (Å²) in [5.74, 6) is 0.622. The summed E-state index contributed by atoms with van der Waals surface area (Å²) < 4.78 is 5.32. The standard InChI is InChI=1S/C16H27N3O2/c1-12(6-5-9-17)16(20)18-14-10-13(11-19(2)3)7-8-15(14)21-4/h7-8,10,12H,5-6,9,11,17H2,1-4H3,(H,18,20). The molecule has 0 fully saturated rings. The van der Waals surface area contributed by atoms with E-state index in [1.807, 2.05) is 39.2 Å². The van der Waals surface area contributed by atoms with Crippen molar-refractivity contribution in [1.29, 1.82) is 0 Å². The van der Waals surface area contributed by atoms with Crippen molar-refractivity contribution in [3.63, 3.8) is 0 Å². The largest absolute Gasteiger partial charge is 0.495 e. The van der Waals surface area contributed by atoms with E-state index in [0.29, 0.717) is 12.3 Å². The first-order valence-corrected chi connectivity index (χ1v) is 7.30. The number of nitrogens with zero attached hydrogens (tertiary/aromatic N) is 1. The van der Waals surface area contributed by atoms with Crippen LogP contribution in [0.2, 0.25) is 0 Å². The molecule has 5 heteroatoms. The monoisotopic (exact) mass is 293 g/mol. The molecule has 0 heterocycles. The van der Waals surface area contributed by atoms with Crippen LogP contribution < -0.4 is 15.8 Å². The molecule has 0 aliphatic rings. The van der Waals surface area contributed by atoms with Crippen LogP contribution in [0.4, 0.5) is 5.69 Å². The van der Waals surface area contributed by atoms with Crippen LogP contribution in [0.1, 0.15) is 25.3 Å². The highest BCUT2D eigenvalue weighted by molar-refractivity contribution is 5.93. The fourth-order valence-electron chi connectivity index (χ4n) is 2.13. The number of carbonyl (C=O) groups excluding carboxylic acids is 1. The summed E-state index contributed by atoms with van der Waals surface area (Å²) in [6.45, 7) is 3.34. The second-order valence-corrected chi connectivity index (χ2v) is 5.59. The zero-order valence-corrected chi connectivity index (χ0v) is 13.5. The van der Waals surface area contributed by atoms with Crippen molar-refractivity contribution in [3.8, 4) is 5.75 Å². The molecule has 0 bridgehead atoms. The Morgan fingerprint density at radius 1 is 1.43 bits per heavy atom. The lowest BCUT2D eigenvalue weighted by Gasteiger charge is -2.16. The second-order valence-electron chi connectivity index (χ2n) is 5.59. The minimum Gasteiger partial charge on any atom is -0.495 e. The van der Waals surface area contributed by atoms with Gasteiger partial charge in [0.05, 0.1) is 12.8 Å². The number of rotatable bonds is 8. The third-order valence-corrected chi connectivity index (χ3v) is 3.31. The number of ether oxygens (including phenoxy) is 1. The van der Waals surface area contributed by atoms with Crippen molar-refractivity contribution in [2.24, 2.45) is 11.7 Å². The lowest BCUT2D eigenvalue weighted by Crippen LogP contribution is -2.21. The summed E-state index contributed by atoms with van der Waals surface area (Å²) in [5, 5.41) is 2.96. The molecule has 0 radical (unpaired) electrons. The van der Waals surface area contributed by atoms with E-state index in [2.05, 4.69) is 10.2 Å². The summed E-state index contributed by atoms with van der Waals surface area (Å²) in [6.07, 6.45) is 1.65. The summed E-state index contributed by atoms with van der Waals surface area (Å²) >= 11 is 0. The first-order valence-electron chi connectivity index (χ1n) is 7.30. The fourth-order valence-corrected chi connectivity index (χ4v) is 2.13. The topological polar surface area (TPSA) is 67.6 Å². The van der Waals surface area contributed by atoms with Crippen LogP contribution in [0.5, 0.6) is 5.75 Å². The van der Waals surface area contributed by atoms with Crippen molar-refractivity contribution in [1.82, 2.24) is 4.90 Å². The second kappa shape index (κ2) is 8.64. The number of amides is 1. The molecule has 1 unspecified atom stereocenters. The average molecular weight is 293 g/mol. The van der Waals surface area contributed by atoms with E-state index in [-0.39, 0.29) is 11.8 Å². The summed E-state index contributed by atoms with van der Waals surface area (Å²) in [7, 11) is 5.63. The SMILES string of the molecule is COc1ccc(CN(C)C)cc1NC(=O)C(C)CCCN. The molecule has 0 spiro atoms. The maximum atomic E-state index is 12.2. The highest BCUT2D eigenvalue weighted by atomic mass is 16.5. The van der Waals surface area contributed by atoms with Crippen LogP contribution in [0.15, 0.2) is 18.2 Å². The maximum absolute atomic E-state index is 12.2. The van der Waals surface area contributed by atoms with Crippen molar-refractivity contribution >= 4 is 11.6 Å². The summed E-state index contributed by atoms with van der Waals surface area (Å²) in [6, 6.07) is 5.86. The normalized spacial score (nSPS) is 12.3. The number of hydrogen-bond acceptors (Lipinski definition) is 4. The molecular weight excluding hydrogens is 266 g/mol. The molecule has 1 aromatic carbocycles. The van der Waals surface area contributed by atoms with E-state index in [0.717, 1.165) is 30.6 Å². The number of hydrogen-bond donors (Lipinski definition) is 2. The van der Waals surface area contributed by atoms with Crippen LogP contribution in [-0.2, 0) is 11.3 Å². The number of anilines is 1. The Morgan fingerprint density at radius 3 is 2.71 bits per heavy atom. The van der Waals surface area contributed by atoms with Gasteiger partial charge in [-0.2, -0.15) is 0 Å². The van der Waals surface area contributed by atoms with Gasteiger partial charge in [0.1, 0.15) is 5.75 Å². The molecule has 1 atom stereocenters. The van der Waals surface area contributed by atoms with E-state index >= 15 is 0 Å². The Bertz CT molecular complexity index is 461. The number of nitrogens with two attached hydrogens (primary N) is 1. The molecule has 0 saturated heterocycles. The molecular formula is C16H27N3O2. The van der Waals surface area contributed by atoms with Gasteiger partial charge in [0.2, 0.25) is 5.91 Å². The number of methoxy groups -OCH3 is 1. The van der Waals surface area contributed by atoms with Gasteiger partial charge in [-0.25, -0.2) is 0 Å². The minimum atomic E-state index is -0.0595. The number of nitrogens with one attached hydrogen (secondary N) is 1. The van der Waals surface area contributed by atoms with Crippen molar-refractivity contribution in [3.05, 3.63) is 23.8 Å². The van der Waals surface area contributed by atoms with Gasteiger partial charge >= 0.3 is 0 Å². The molecule has 0 aliphatic heterocycles. The van der Waals surface area contributed by atoms with Gasteiger partial charge in [-0.05, 0) is 51.2 Å². The summed E-state index contributed by atoms with van der Waals surface area (Å²) in [5.41, 5.74) is 7.34. The first-order chi connectivity index (χ1) is 9.97. The van der Waals surface area contributed by atoms with Gasteiger partial charge < -0.3 is 20.7 Å². The minimum absolute atomic E-state index is 0.00348. The molecule has 118 valence electrons. The average Bonchev–Trinajstić information content (AvgIpc) is 2.44.